The molecule has 2 heterocycles. The molecule has 0 radical (unpaired) electrons. The van der Waals surface area contributed by atoms with Gasteiger partial charge in [-0.1, -0.05) is 12.1 Å². The third kappa shape index (κ3) is 3.34. The summed E-state index contributed by atoms with van der Waals surface area (Å²) in [7, 11) is 0. The van der Waals surface area contributed by atoms with Crippen molar-refractivity contribution >= 4 is 28.9 Å². The minimum absolute atomic E-state index is 0.126. The van der Waals surface area contributed by atoms with Gasteiger partial charge in [-0.05, 0) is 49.4 Å². The largest absolute Gasteiger partial charge is 0.508 e. The Morgan fingerprint density at radius 3 is 2.77 bits per heavy atom. The summed E-state index contributed by atoms with van der Waals surface area (Å²) in [6.07, 6.45) is 2.01. The number of amides is 1. The molecule has 2 atom stereocenters. The molecular formula is C16H18N2O3S. The Bertz CT molecular complexity index is 647. The van der Waals surface area contributed by atoms with E-state index in [1.807, 2.05) is 19.9 Å². The molecular weight excluding hydrogens is 300 g/mol. The molecule has 1 aromatic carbocycles. The molecule has 116 valence electrons. The van der Waals surface area contributed by atoms with E-state index in [-0.39, 0.29) is 23.9 Å². The highest BCUT2D eigenvalue weighted by molar-refractivity contribution is 8.18. The summed E-state index contributed by atoms with van der Waals surface area (Å²) >= 11 is 1.38. The standard InChI is InChI=1S/C16H18N2O3S/c1-10-8-18(9-11(2)21-10)16-17-15(20)14(22-16)7-12-4-3-5-13(19)6-12/h3-7,10-11,19H,8-9H2,1-2H3/b14-7-/t10-,11+. The molecule has 0 unspecified atom stereocenters. The molecule has 0 aromatic heterocycles. The summed E-state index contributed by atoms with van der Waals surface area (Å²) in [6, 6.07) is 6.82. The van der Waals surface area contributed by atoms with E-state index in [2.05, 4.69) is 9.89 Å². The Morgan fingerprint density at radius 1 is 1.36 bits per heavy atom. The van der Waals surface area contributed by atoms with Gasteiger partial charge in [0, 0.05) is 13.1 Å². The molecule has 2 aliphatic rings. The predicted molar refractivity (Wildman–Crippen MR) is 87.7 cm³/mol. The minimum atomic E-state index is -0.227. The van der Waals surface area contributed by atoms with Crippen LogP contribution in [0.4, 0.5) is 0 Å². The van der Waals surface area contributed by atoms with Crippen LogP contribution in [0.2, 0.25) is 0 Å². The zero-order valence-electron chi connectivity index (χ0n) is 12.5. The third-order valence-electron chi connectivity index (χ3n) is 3.47. The zero-order chi connectivity index (χ0) is 15.7. The van der Waals surface area contributed by atoms with Gasteiger partial charge in [-0.25, -0.2) is 0 Å². The van der Waals surface area contributed by atoms with E-state index in [0.717, 1.165) is 23.8 Å². The molecule has 1 N–H and O–H groups in total. The normalized spacial score (nSPS) is 27.4. The molecule has 2 aliphatic heterocycles. The fourth-order valence-corrected chi connectivity index (χ4v) is 3.56. The van der Waals surface area contributed by atoms with Crippen LogP contribution in [0.5, 0.6) is 5.75 Å². The van der Waals surface area contributed by atoms with Crippen LogP contribution in [-0.2, 0) is 9.53 Å². The van der Waals surface area contributed by atoms with E-state index in [4.69, 9.17) is 4.74 Å². The first-order valence-electron chi connectivity index (χ1n) is 7.23. The van der Waals surface area contributed by atoms with Crippen molar-refractivity contribution in [2.75, 3.05) is 13.1 Å². The molecule has 0 bridgehead atoms. The second kappa shape index (κ2) is 6.14. The summed E-state index contributed by atoms with van der Waals surface area (Å²) < 4.78 is 5.71. The van der Waals surface area contributed by atoms with Crippen molar-refractivity contribution in [3.8, 4) is 5.75 Å². The summed E-state index contributed by atoms with van der Waals surface area (Å²) in [5, 5.41) is 10.2. The Morgan fingerprint density at radius 2 is 2.09 bits per heavy atom. The highest BCUT2D eigenvalue weighted by atomic mass is 32.2. The number of benzene rings is 1. The molecule has 0 saturated carbocycles. The monoisotopic (exact) mass is 318 g/mol. The number of nitrogens with zero attached hydrogens (tertiary/aromatic N) is 2. The summed E-state index contributed by atoms with van der Waals surface area (Å²) in [5.74, 6) is -0.0445. The number of aromatic hydroxyl groups is 1. The number of thioether (sulfide) groups is 1. The molecule has 0 spiro atoms. The maximum atomic E-state index is 12.1. The Balaban J connectivity index is 1.76. The van der Waals surface area contributed by atoms with E-state index in [1.54, 1.807) is 24.3 Å². The van der Waals surface area contributed by atoms with Crippen molar-refractivity contribution < 1.29 is 14.6 Å². The SMILES string of the molecule is C[C@@H]1CN(C2=NC(=O)/C(=C/c3cccc(O)c3)S2)C[C@H](C)O1. The molecule has 3 rings (SSSR count). The zero-order valence-corrected chi connectivity index (χ0v) is 13.3. The van der Waals surface area contributed by atoms with Crippen LogP contribution in [-0.4, -0.2) is 46.4 Å². The third-order valence-corrected chi connectivity index (χ3v) is 4.51. The number of rotatable bonds is 1. The van der Waals surface area contributed by atoms with Crippen LogP contribution in [0.3, 0.4) is 0 Å². The maximum absolute atomic E-state index is 12.1. The van der Waals surface area contributed by atoms with Crippen LogP contribution >= 0.6 is 11.8 Å². The van der Waals surface area contributed by atoms with E-state index in [1.165, 1.54) is 11.8 Å². The Hall–Kier alpha value is -1.79. The lowest BCUT2D eigenvalue weighted by molar-refractivity contribution is -0.113. The molecule has 6 heteroatoms. The lowest BCUT2D eigenvalue weighted by Crippen LogP contribution is -2.47. The predicted octanol–water partition coefficient (Wildman–Crippen LogP) is 2.47. The van der Waals surface area contributed by atoms with Gasteiger partial charge >= 0.3 is 0 Å². The fraction of sp³-hybridized carbons (Fsp3) is 0.375. The molecule has 1 amide bonds. The number of phenols is 1. The molecule has 5 nitrogen and oxygen atoms in total. The average Bonchev–Trinajstić information content (AvgIpc) is 2.79. The highest BCUT2D eigenvalue weighted by Crippen LogP contribution is 2.31. The Kier molecular flexibility index (Phi) is 4.22. The van der Waals surface area contributed by atoms with Gasteiger partial charge in [0.25, 0.3) is 5.91 Å². The number of ether oxygens (including phenoxy) is 1. The van der Waals surface area contributed by atoms with Gasteiger partial charge < -0.3 is 14.7 Å². The summed E-state index contributed by atoms with van der Waals surface area (Å²) in [5.41, 5.74) is 0.788. The van der Waals surface area contributed by atoms with Crippen LogP contribution in [0.25, 0.3) is 6.08 Å². The Labute approximate surface area is 133 Å². The topological polar surface area (TPSA) is 62.1 Å². The van der Waals surface area contributed by atoms with Crippen LogP contribution < -0.4 is 0 Å². The second-order valence-corrected chi connectivity index (χ2v) is 6.58. The van der Waals surface area contributed by atoms with Gasteiger partial charge in [-0.3, -0.25) is 4.79 Å². The second-order valence-electron chi connectivity index (χ2n) is 5.57. The first-order chi connectivity index (χ1) is 10.5. The highest BCUT2D eigenvalue weighted by Gasteiger charge is 2.30. The van der Waals surface area contributed by atoms with Crippen molar-refractivity contribution in [1.82, 2.24) is 4.90 Å². The first kappa shape index (κ1) is 15.1. The number of hydrogen-bond donors (Lipinski definition) is 1. The number of aliphatic imine (C=N–C) groups is 1. The van der Waals surface area contributed by atoms with Crippen molar-refractivity contribution in [2.24, 2.45) is 4.99 Å². The summed E-state index contributed by atoms with van der Waals surface area (Å²) in [4.78, 5) is 18.9. The molecule has 22 heavy (non-hydrogen) atoms. The van der Waals surface area contributed by atoms with Gasteiger partial charge in [-0.15, -0.1) is 0 Å². The van der Waals surface area contributed by atoms with Crippen LogP contribution in [0.1, 0.15) is 19.4 Å². The van der Waals surface area contributed by atoms with Crippen LogP contribution in [0.15, 0.2) is 34.2 Å². The quantitative estimate of drug-likeness (QED) is 0.806. The van der Waals surface area contributed by atoms with Gasteiger partial charge in [0.15, 0.2) is 5.17 Å². The van der Waals surface area contributed by atoms with Gasteiger partial charge in [0.1, 0.15) is 5.75 Å². The average molecular weight is 318 g/mol. The number of amidine groups is 1. The fourth-order valence-electron chi connectivity index (χ4n) is 2.63. The molecule has 1 aromatic rings. The van der Waals surface area contributed by atoms with Crippen molar-refractivity contribution in [2.45, 2.75) is 26.1 Å². The molecule has 0 aliphatic carbocycles. The lowest BCUT2D eigenvalue weighted by Gasteiger charge is -2.35. The lowest BCUT2D eigenvalue weighted by atomic mass is 10.2. The number of hydrogen-bond acceptors (Lipinski definition) is 5. The van der Waals surface area contributed by atoms with Crippen molar-refractivity contribution in [3.05, 3.63) is 34.7 Å². The van der Waals surface area contributed by atoms with Gasteiger partial charge in [0.2, 0.25) is 0 Å². The van der Waals surface area contributed by atoms with E-state index in [9.17, 15) is 9.90 Å². The van der Waals surface area contributed by atoms with Crippen LogP contribution in [0, 0.1) is 0 Å². The number of morpholine rings is 1. The van der Waals surface area contributed by atoms with Crippen molar-refractivity contribution in [1.29, 1.82) is 0 Å². The number of phenolic OH excluding ortho intramolecular Hbond substituents is 1. The minimum Gasteiger partial charge on any atom is -0.508 e. The van der Waals surface area contributed by atoms with E-state index < -0.39 is 0 Å². The molecule has 1 saturated heterocycles. The number of carbonyl (C=O) groups is 1. The number of carbonyl (C=O) groups excluding carboxylic acids is 1. The van der Waals surface area contributed by atoms with Crippen molar-refractivity contribution in [3.63, 3.8) is 0 Å². The smallest absolute Gasteiger partial charge is 0.286 e. The van der Waals surface area contributed by atoms with Gasteiger partial charge in [0.05, 0.1) is 17.1 Å². The summed E-state index contributed by atoms with van der Waals surface area (Å²) in [6.45, 7) is 5.52. The molecule has 1 fully saturated rings. The first-order valence-corrected chi connectivity index (χ1v) is 8.05. The van der Waals surface area contributed by atoms with E-state index in [0.29, 0.717) is 4.91 Å². The van der Waals surface area contributed by atoms with E-state index >= 15 is 0 Å². The van der Waals surface area contributed by atoms with Gasteiger partial charge in [-0.2, -0.15) is 4.99 Å². The maximum Gasteiger partial charge on any atom is 0.286 e.